The number of hydrogen-bond acceptors (Lipinski definition) is 3. The van der Waals surface area contributed by atoms with Crippen molar-refractivity contribution in [2.75, 3.05) is 20.3 Å². The Bertz CT molecular complexity index is 436. The van der Waals surface area contributed by atoms with Crippen molar-refractivity contribution in [3.05, 3.63) is 35.4 Å². The molecule has 0 fully saturated rings. The van der Waals surface area contributed by atoms with Crippen LogP contribution in [0.5, 0.6) is 0 Å². The molecular weight excluding hydrogens is 276 g/mol. The number of methoxy groups -OCH3 is 1. The molecule has 1 aromatic carbocycles. The number of carbonyl (C=O) groups is 1. The van der Waals surface area contributed by atoms with Crippen molar-refractivity contribution in [3.8, 4) is 0 Å². The van der Waals surface area contributed by atoms with Gasteiger partial charge < -0.3 is 15.8 Å². The van der Waals surface area contributed by atoms with Crippen molar-refractivity contribution >= 4 is 18.3 Å². The standard InChI is InChI=1S/C15H24N2O2.ClH/c1-11-7-5-6-8-12(11)15(2,3)10-17-14(18)13(16)9-19-4;/h5-8,13H,9-10,16H2,1-4H3,(H,17,18);1H. The van der Waals surface area contributed by atoms with Crippen LogP contribution in [-0.4, -0.2) is 32.2 Å². The summed E-state index contributed by atoms with van der Waals surface area (Å²) in [6.07, 6.45) is 0. The number of halogens is 1. The van der Waals surface area contributed by atoms with Gasteiger partial charge in [0.2, 0.25) is 5.91 Å². The van der Waals surface area contributed by atoms with E-state index in [2.05, 4.69) is 38.2 Å². The lowest BCUT2D eigenvalue weighted by molar-refractivity contribution is -0.123. The van der Waals surface area contributed by atoms with E-state index in [0.717, 1.165) is 0 Å². The lowest BCUT2D eigenvalue weighted by Crippen LogP contribution is -2.47. The number of hydrogen-bond donors (Lipinski definition) is 2. The number of benzene rings is 1. The van der Waals surface area contributed by atoms with Gasteiger partial charge in [0.1, 0.15) is 6.04 Å². The summed E-state index contributed by atoms with van der Waals surface area (Å²) in [5.41, 5.74) is 8.01. The predicted molar refractivity (Wildman–Crippen MR) is 84.3 cm³/mol. The Kier molecular flexibility index (Phi) is 7.79. The largest absolute Gasteiger partial charge is 0.383 e. The van der Waals surface area contributed by atoms with E-state index in [9.17, 15) is 4.79 Å². The molecule has 4 nitrogen and oxygen atoms in total. The van der Waals surface area contributed by atoms with Crippen LogP contribution < -0.4 is 11.1 Å². The van der Waals surface area contributed by atoms with Crippen molar-refractivity contribution in [3.63, 3.8) is 0 Å². The van der Waals surface area contributed by atoms with E-state index in [1.165, 1.54) is 18.2 Å². The maximum Gasteiger partial charge on any atom is 0.239 e. The second kappa shape index (κ2) is 8.25. The average Bonchev–Trinajstić information content (AvgIpc) is 2.36. The van der Waals surface area contributed by atoms with E-state index in [1.807, 2.05) is 12.1 Å². The van der Waals surface area contributed by atoms with Gasteiger partial charge in [-0.3, -0.25) is 4.79 Å². The normalized spacial score (nSPS) is 12.4. The molecule has 0 radical (unpaired) electrons. The van der Waals surface area contributed by atoms with Crippen LogP contribution in [-0.2, 0) is 14.9 Å². The first-order chi connectivity index (χ1) is 8.88. The Morgan fingerprint density at radius 1 is 1.40 bits per heavy atom. The molecule has 0 heterocycles. The zero-order valence-corrected chi connectivity index (χ0v) is 13.4. The van der Waals surface area contributed by atoms with Crippen LogP contribution in [0, 0.1) is 6.92 Å². The third kappa shape index (κ3) is 5.12. The van der Waals surface area contributed by atoms with Gasteiger partial charge in [0.15, 0.2) is 0 Å². The lowest BCUT2D eigenvalue weighted by Gasteiger charge is -2.28. The Morgan fingerprint density at radius 3 is 2.55 bits per heavy atom. The lowest BCUT2D eigenvalue weighted by atomic mass is 9.82. The van der Waals surface area contributed by atoms with Gasteiger partial charge in [0, 0.05) is 19.1 Å². The second-order valence-electron chi connectivity index (χ2n) is 5.48. The maximum atomic E-state index is 11.8. The Balaban J connectivity index is 0.00000361. The monoisotopic (exact) mass is 300 g/mol. The minimum absolute atomic E-state index is 0. The summed E-state index contributed by atoms with van der Waals surface area (Å²) in [6.45, 7) is 7.08. The molecule has 0 aliphatic heterocycles. The predicted octanol–water partition coefficient (Wildman–Crippen LogP) is 1.78. The number of nitrogens with one attached hydrogen (secondary N) is 1. The first kappa shape index (κ1) is 18.9. The number of rotatable bonds is 6. The summed E-state index contributed by atoms with van der Waals surface area (Å²) in [5.74, 6) is -0.177. The Labute approximate surface area is 127 Å². The molecule has 0 bridgehead atoms. The molecule has 0 aromatic heterocycles. The molecule has 0 aliphatic carbocycles. The van der Waals surface area contributed by atoms with E-state index in [-0.39, 0.29) is 30.3 Å². The fourth-order valence-electron chi connectivity index (χ4n) is 2.12. The highest BCUT2D eigenvalue weighted by molar-refractivity contribution is 5.85. The van der Waals surface area contributed by atoms with Crippen LogP contribution in [0.4, 0.5) is 0 Å². The van der Waals surface area contributed by atoms with Gasteiger partial charge in [0.05, 0.1) is 6.61 Å². The van der Waals surface area contributed by atoms with Gasteiger partial charge in [-0.25, -0.2) is 0 Å². The van der Waals surface area contributed by atoms with Crippen molar-refractivity contribution in [2.45, 2.75) is 32.2 Å². The SMILES string of the molecule is COCC(N)C(=O)NCC(C)(C)c1ccccc1C.Cl. The summed E-state index contributed by atoms with van der Waals surface area (Å²) in [5, 5.41) is 2.89. The number of nitrogens with two attached hydrogens (primary N) is 1. The quantitative estimate of drug-likeness (QED) is 0.842. The van der Waals surface area contributed by atoms with Gasteiger partial charge >= 0.3 is 0 Å². The average molecular weight is 301 g/mol. The molecule has 1 unspecified atom stereocenters. The molecule has 114 valence electrons. The molecule has 1 atom stereocenters. The van der Waals surface area contributed by atoms with E-state index < -0.39 is 6.04 Å². The number of aryl methyl sites for hydroxylation is 1. The summed E-state index contributed by atoms with van der Waals surface area (Å²) >= 11 is 0. The molecular formula is C15H25ClN2O2. The number of amides is 1. The molecule has 3 N–H and O–H groups in total. The van der Waals surface area contributed by atoms with Crippen LogP contribution in [0.15, 0.2) is 24.3 Å². The van der Waals surface area contributed by atoms with E-state index in [4.69, 9.17) is 10.5 Å². The molecule has 0 saturated heterocycles. The van der Waals surface area contributed by atoms with Crippen molar-refractivity contribution in [1.82, 2.24) is 5.32 Å². The van der Waals surface area contributed by atoms with Crippen LogP contribution in [0.1, 0.15) is 25.0 Å². The molecule has 1 aromatic rings. The minimum atomic E-state index is -0.613. The van der Waals surface area contributed by atoms with Gasteiger partial charge in [0.25, 0.3) is 0 Å². The van der Waals surface area contributed by atoms with Gasteiger partial charge in [-0.2, -0.15) is 0 Å². The molecule has 0 aliphatic rings. The molecule has 1 amide bonds. The van der Waals surface area contributed by atoms with Crippen LogP contribution in [0.2, 0.25) is 0 Å². The van der Waals surface area contributed by atoms with Crippen LogP contribution in [0.3, 0.4) is 0 Å². The van der Waals surface area contributed by atoms with Gasteiger partial charge in [-0.15, -0.1) is 12.4 Å². The van der Waals surface area contributed by atoms with E-state index in [0.29, 0.717) is 6.54 Å². The van der Waals surface area contributed by atoms with E-state index in [1.54, 1.807) is 0 Å². The molecule has 5 heteroatoms. The number of ether oxygens (including phenoxy) is 1. The third-order valence-electron chi connectivity index (χ3n) is 3.26. The smallest absolute Gasteiger partial charge is 0.239 e. The highest BCUT2D eigenvalue weighted by Crippen LogP contribution is 2.25. The summed E-state index contributed by atoms with van der Waals surface area (Å²) in [4.78, 5) is 11.8. The summed E-state index contributed by atoms with van der Waals surface area (Å²) in [6, 6.07) is 7.59. The highest BCUT2D eigenvalue weighted by atomic mass is 35.5. The van der Waals surface area contributed by atoms with Crippen molar-refractivity contribution in [2.24, 2.45) is 5.73 Å². The fourth-order valence-corrected chi connectivity index (χ4v) is 2.12. The zero-order valence-electron chi connectivity index (χ0n) is 12.6. The highest BCUT2D eigenvalue weighted by Gasteiger charge is 2.24. The summed E-state index contributed by atoms with van der Waals surface area (Å²) in [7, 11) is 1.53. The molecule has 1 rings (SSSR count). The Hall–Kier alpha value is -1.10. The topological polar surface area (TPSA) is 64.3 Å². The Morgan fingerprint density at radius 2 is 2.00 bits per heavy atom. The van der Waals surface area contributed by atoms with Crippen LogP contribution in [0.25, 0.3) is 0 Å². The molecule has 20 heavy (non-hydrogen) atoms. The fraction of sp³-hybridized carbons (Fsp3) is 0.533. The van der Waals surface area contributed by atoms with Crippen molar-refractivity contribution < 1.29 is 9.53 Å². The first-order valence-electron chi connectivity index (χ1n) is 6.47. The van der Waals surface area contributed by atoms with E-state index >= 15 is 0 Å². The van der Waals surface area contributed by atoms with Crippen molar-refractivity contribution in [1.29, 1.82) is 0 Å². The van der Waals surface area contributed by atoms with Gasteiger partial charge in [-0.1, -0.05) is 38.1 Å². The minimum Gasteiger partial charge on any atom is -0.383 e. The zero-order chi connectivity index (χ0) is 14.5. The second-order valence-corrected chi connectivity index (χ2v) is 5.48. The molecule has 0 spiro atoms. The third-order valence-corrected chi connectivity index (χ3v) is 3.26. The van der Waals surface area contributed by atoms with Gasteiger partial charge in [-0.05, 0) is 18.1 Å². The first-order valence-corrected chi connectivity index (χ1v) is 6.47. The number of carbonyl (C=O) groups excluding carboxylic acids is 1. The molecule has 0 saturated carbocycles. The maximum absolute atomic E-state index is 11.8. The summed E-state index contributed by atoms with van der Waals surface area (Å²) < 4.78 is 4.87. The van der Waals surface area contributed by atoms with Crippen LogP contribution >= 0.6 is 12.4 Å².